The van der Waals surface area contributed by atoms with E-state index >= 15 is 0 Å². The zero-order valence-corrected chi connectivity index (χ0v) is 16.9. The monoisotopic (exact) mass is 438 g/mol. The molecule has 0 fully saturated rings. The third kappa shape index (κ3) is 4.85. The first-order valence-corrected chi connectivity index (χ1v) is 10.1. The van der Waals surface area contributed by atoms with Gasteiger partial charge in [-0.15, -0.1) is 11.3 Å². The fraction of sp³-hybridized carbons (Fsp3) is 0.286. The van der Waals surface area contributed by atoms with Gasteiger partial charge in [-0.05, 0) is 36.1 Å². The van der Waals surface area contributed by atoms with Gasteiger partial charge >= 0.3 is 12.2 Å². The van der Waals surface area contributed by atoms with E-state index in [1.165, 1.54) is 24.3 Å². The SMILES string of the molecule is Cc1ccc(C(O)(CCNC(=O)NC(c2ccccc2)c2cccs2)C(F)(F)F)o1. The van der Waals surface area contributed by atoms with Crippen LogP contribution in [-0.2, 0) is 5.60 Å². The van der Waals surface area contributed by atoms with E-state index in [0.29, 0.717) is 0 Å². The van der Waals surface area contributed by atoms with E-state index in [0.717, 1.165) is 16.5 Å². The first kappa shape index (κ1) is 21.9. The lowest BCUT2D eigenvalue weighted by molar-refractivity contribution is -0.274. The molecule has 2 atom stereocenters. The number of carbonyl (C=O) groups excluding carboxylic acids is 1. The maximum atomic E-state index is 13.5. The van der Waals surface area contributed by atoms with Crippen molar-refractivity contribution >= 4 is 17.4 Å². The summed E-state index contributed by atoms with van der Waals surface area (Å²) < 4.78 is 45.5. The number of urea groups is 1. The van der Waals surface area contributed by atoms with Gasteiger partial charge in [0.2, 0.25) is 5.60 Å². The van der Waals surface area contributed by atoms with Gasteiger partial charge in [0, 0.05) is 17.8 Å². The molecule has 0 saturated heterocycles. The second-order valence-corrected chi connectivity index (χ2v) is 7.76. The summed E-state index contributed by atoms with van der Waals surface area (Å²) in [5, 5.41) is 17.3. The Balaban J connectivity index is 1.66. The third-order valence-corrected chi connectivity index (χ3v) is 5.56. The highest BCUT2D eigenvalue weighted by atomic mass is 32.1. The second-order valence-electron chi connectivity index (χ2n) is 6.78. The van der Waals surface area contributed by atoms with Crippen molar-refractivity contribution in [3.8, 4) is 0 Å². The minimum atomic E-state index is -4.96. The predicted molar refractivity (Wildman–Crippen MR) is 107 cm³/mol. The summed E-state index contributed by atoms with van der Waals surface area (Å²) in [5.74, 6) is -0.351. The zero-order chi connectivity index (χ0) is 21.8. The van der Waals surface area contributed by atoms with Crippen molar-refractivity contribution in [2.75, 3.05) is 6.54 Å². The van der Waals surface area contributed by atoms with Crippen molar-refractivity contribution in [1.82, 2.24) is 10.6 Å². The number of halogens is 3. The molecule has 2 heterocycles. The molecule has 9 heteroatoms. The Labute approximate surface area is 175 Å². The summed E-state index contributed by atoms with van der Waals surface area (Å²) in [5.41, 5.74) is -2.35. The van der Waals surface area contributed by atoms with E-state index in [9.17, 15) is 23.1 Å². The van der Waals surface area contributed by atoms with Crippen LogP contribution in [0.2, 0.25) is 0 Å². The highest BCUT2D eigenvalue weighted by molar-refractivity contribution is 7.10. The molecule has 0 aliphatic heterocycles. The van der Waals surface area contributed by atoms with E-state index < -0.39 is 42.6 Å². The topological polar surface area (TPSA) is 74.5 Å². The molecule has 30 heavy (non-hydrogen) atoms. The highest BCUT2D eigenvalue weighted by Gasteiger charge is 2.56. The van der Waals surface area contributed by atoms with Crippen LogP contribution >= 0.6 is 11.3 Å². The molecule has 2 amide bonds. The van der Waals surface area contributed by atoms with E-state index in [-0.39, 0.29) is 5.76 Å². The normalized spacial score (nSPS) is 14.7. The van der Waals surface area contributed by atoms with Crippen LogP contribution in [-0.4, -0.2) is 23.9 Å². The van der Waals surface area contributed by atoms with E-state index in [4.69, 9.17) is 4.42 Å². The summed E-state index contributed by atoms with van der Waals surface area (Å²) in [7, 11) is 0. The minimum Gasteiger partial charge on any atom is -0.463 e. The number of aliphatic hydroxyl groups is 1. The Morgan fingerprint density at radius 2 is 1.87 bits per heavy atom. The standard InChI is InChI=1S/C21H21F3N2O3S/c1-14-9-10-17(29-14)20(28,21(22,23)24)11-12-25-19(27)26-18(16-8-5-13-30-16)15-6-3-2-4-7-15/h2-10,13,18,28H,11-12H2,1H3,(H2,25,26,27). The number of hydrogen-bond acceptors (Lipinski definition) is 4. The van der Waals surface area contributed by atoms with Crippen molar-refractivity contribution in [3.05, 3.63) is 81.9 Å². The number of nitrogens with one attached hydrogen (secondary N) is 2. The lowest BCUT2D eigenvalue weighted by atomic mass is 9.96. The average molecular weight is 438 g/mol. The van der Waals surface area contributed by atoms with Gasteiger partial charge in [-0.2, -0.15) is 13.2 Å². The van der Waals surface area contributed by atoms with Crippen LogP contribution in [0.1, 0.15) is 34.4 Å². The van der Waals surface area contributed by atoms with Gasteiger partial charge in [-0.1, -0.05) is 36.4 Å². The Bertz CT molecular complexity index is 958. The molecule has 2 unspecified atom stereocenters. The molecule has 0 spiro atoms. The summed E-state index contributed by atoms with van der Waals surface area (Å²) in [4.78, 5) is 13.3. The van der Waals surface area contributed by atoms with Crippen molar-refractivity contribution in [2.45, 2.75) is 31.2 Å². The molecule has 3 rings (SSSR count). The fourth-order valence-electron chi connectivity index (χ4n) is 3.02. The maximum absolute atomic E-state index is 13.5. The van der Waals surface area contributed by atoms with Crippen LogP contribution in [0.4, 0.5) is 18.0 Å². The van der Waals surface area contributed by atoms with Gasteiger partial charge in [0.05, 0.1) is 6.04 Å². The Hall–Kier alpha value is -2.78. The van der Waals surface area contributed by atoms with Gasteiger partial charge in [-0.25, -0.2) is 4.79 Å². The molecular formula is C21H21F3N2O3S. The largest absolute Gasteiger partial charge is 0.463 e. The molecule has 0 bridgehead atoms. The third-order valence-electron chi connectivity index (χ3n) is 4.63. The number of benzene rings is 1. The average Bonchev–Trinajstić information content (AvgIpc) is 3.38. The number of thiophene rings is 1. The molecule has 0 aliphatic carbocycles. The number of alkyl halides is 3. The lowest BCUT2D eigenvalue weighted by Crippen LogP contribution is -2.46. The smallest absolute Gasteiger partial charge is 0.424 e. The first-order chi connectivity index (χ1) is 14.2. The number of hydrogen-bond donors (Lipinski definition) is 3. The summed E-state index contributed by atoms with van der Waals surface area (Å²) >= 11 is 1.46. The number of amides is 2. The van der Waals surface area contributed by atoms with Crippen molar-refractivity contribution < 1.29 is 27.5 Å². The summed E-state index contributed by atoms with van der Waals surface area (Å²) in [6.07, 6.45) is -5.75. The van der Waals surface area contributed by atoms with Crippen LogP contribution in [0.15, 0.2) is 64.4 Å². The van der Waals surface area contributed by atoms with E-state index in [2.05, 4.69) is 10.6 Å². The van der Waals surface area contributed by atoms with Gasteiger partial charge in [-0.3, -0.25) is 0 Å². The van der Waals surface area contributed by atoms with Crippen LogP contribution in [0.3, 0.4) is 0 Å². The fourth-order valence-corrected chi connectivity index (χ4v) is 3.82. The van der Waals surface area contributed by atoms with Crippen molar-refractivity contribution in [1.29, 1.82) is 0 Å². The van der Waals surface area contributed by atoms with Crippen LogP contribution in [0, 0.1) is 6.92 Å². The second kappa shape index (κ2) is 8.93. The molecule has 3 aromatic rings. The molecule has 2 aromatic heterocycles. The molecule has 0 saturated carbocycles. The quantitative estimate of drug-likeness (QED) is 0.492. The Morgan fingerprint density at radius 3 is 2.43 bits per heavy atom. The van der Waals surface area contributed by atoms with Crippen LogP contribution < -0.4 is 10.6 Å². The number of aryl methyl sites for hydroxylation is 1. The van der Waals surface area contributed by atoms with Crippen LogP contribution in [0.5, 0.6) is 0 Å². The summed E-state index contributed by atoms with van der Waals surface area (Å²) in [6, 6.07) is 14.3. The highest BCUT2D eigenvalue weighted by Crippen LogP contribution is 2.42. The van der Waals surface area contributed by atoms with Gasteiger partial charge in [0.25, 0.3) is 0 Å². The molecule has 5 nitrogen and oxygen atoms in total. The molecule has 0 radical (unpaired) electrons. The van der Waals surface area contributed by atoms with Gasteiger partial charge in [0.15, 0.2) is 0 Å². The Kier molecular flexibility index (Phi) is 6.52. The minimum absolute atomic E-state index is 0.250. The molecule has 3 N–H and O–H groups in total. The van der Waals surface area contributed by atoms with Crippen LogP contribution in [0.25, 0.3) is 0 Å². The maximum Gasteiger partial charge on any atom is 0.424 e. The zero-order valence-electron chi connectivity index (χ0n) is 16.1. The molecule has 160 valence electrons. The predicted octanol–water partition coefficient (Wildman–Crippen LogP) is 4.88. The van der Waals surface area contributed by atoms with Gasteiger partial charge < -0.3 is 20.2 Å². The lowest BCUT2D eigenvalue weighted by Gasteiger charge is -2.28. The number of rotatable bonds is 7. The summed E-state index contributed by atoms with van der Waals surface area (Å²) in [6.45, 7) is 1.08. The molecular weight excluding hydrogens is 417 g/mol. The first-order valence-electron chi connectivity index (χ1n) is 9.19. The van der Waals surface area contributed by atoms with Crippen molar-refractivity contribution in [3.63, 3.8) is 0 Å². The van der Waals surface area contributed by atoms with E-state index in [1.807, 2.05) is 47.8 Å². The van der Waals surface area contributed by atoms with E-state index in [1.54, 1.807) is 0 Å². The van der Waals surface area contributed by atoms with Crippen molar-refractivity contribution in [2.24, 2.45) is 0 Å². The molecule has 0 aliphatic rings. The number of furan rings is 1. The Morgan fingerprint density at radius 1 is 1.13 bits per heavy atom. The molecule has 1 aromatic carbocycles. The number of carbonyl (C=O) groups is 1. The van der Waals surface area contributed by atoms with Gasteiger partial charge in [0.1, 0.15) is 11.5 Å².